The SMILES string of the molecule is CC1(C)CCC(=O)C2=C1OC1=C(C(=O)CCC1(C)C)C2C=C(Cl)Cl. The van der Waals surface area contributed by atoms with E-state index in [9.17, 15) is 9.59 Å². The Morgan fingerprint density at radius 1 is 0.958 bits per heavy atom. The summed E-state index contributed by atoms with van der Waals surface area (Å²) in [7, 11) is 0. The highest BCUT2D eigenvalue weighted by Crippen LogP contribution is 2.54. The zero-order valence-corrected chi connectivity index (χ0v) is 16.0. The summed E-state index contributed by atoms with van der Waals surface area (Å²) < 4.78 is 6.34. The van der Waals surface area contributed by atoms with Gasteiger partial charge in [-0.2, -0.15) is 0 Å². The van der Waals surface area contributed by atoms with E-state index >= 15 is 0 Å². The molecule has 0 saturated heterocycles. The third kappa shape index (κ3) is 2.76. The van der Waals surface area contributed by atoms with Crippen LogP contribution in [0.1, 0.15) is 53.4 Å². The number of ketones is 2. The van der Waals surface area contributed by atoms with Crippen LogP contribution in [-0.2, 0) is 14.3 Å². The molecule has 5 heteroatoms. The van der Waals surface area contributed by atoms with E-state index in [4.69, 9.17) is 27.9 Å². The zero-order valence-electron chi connectivity index (χ0n) is 14.5. The average Bonchev–Trinajstić information content (AvgIpc) is 2.46. The molecule has 0 unspecified atom stereocenters. The second-order valence-electron chi connectivity index (χ2n) is 8.14. The van der Waals surface area contributed by atoms with Crippen LogP contribution < -0.4 is 0 Å². The Morgan fingerprint density at radius 3 is 1.75 bits per heavy atom. The third-order valence-electron chi connectivity index (χ3n) is 5.39. The van der Waals surface area contributed by atoms with Crippen LogP contribution in [-0.4, -0.2) is 11.6 Å². The maximum atomic E-state index is 12.7. The lowest BCUT2D eigenvalue weighted by Gasteiger charge is -2.45. The minimum atomic E-state index is -0.507. The summed E-state index contributed by atoms with van der Waals surface area (Å²) in [5.41, 5.74) is 0.580. The second-order valence-corrected chi connectivity index (χ2v) is 9.14. The first-order chi connectivity index (χ1) is 11.0. The summed E-state index contributed by atoms with van der Waals surface area (Å²) in [5.74, 6) is 0.880. The van der Waals surface area contributed by atoms with E-state index in [1.165, 1.54) is 0 Å². The largest absolute Gasteiger partial charge is 0.464 e. The fourth-order valence-electron chi connectivity index (χ4n) is 3.89. The Labute approximate surface area is 152 Å². The third-order valence-corrected chi connectivity index (χ3v) is 5.64. The number of hydrogen-bond donors (Lipinski definition) is 0. The summed E-state index contributed by atoms with van der Waals surface area (Å²) in [6, 6.07) is 0. The molecule has 1 aliphatic heterocycles. The van der Waals surface area contributed by atoms with Crippen LogP contribution in [0.4, 0.5) is 0 Å². The van der Waals surface area contributed by atoms with Crippen molar-refractivity contribution in [3.63, 3.8) is 0 Å². The van der Waals surface area contributed by atoms with E-state index in [-0.39, 0.29) is 26.9 Å². The summed E-state index contributed by atoms with van der Waals surface area (Å²) in [4.78, 5) is 25.3. The maximum Gasteiger partial charge on any atom is 0.163 e. The van der Waals surface area contributed by atoms with Gasteiger partial charge in [0.15, 0.2) is 11.6 Å². The van der Waals surface area contributed by atoms with Crippen molar-refractivity contribution in [1.82, 2.24) is 0 Å². The molecule has 0 aromatic heterocycles. The highest BCUT2D eigenvalue weighted by atomic mass is 35.5. The van der Waals surface area contributed by atoms with Crippen LogP contribution in [0.5, 0.6) is 0 Å². The molecular formula is C19H22Cl2O3. The van der Waals surface area contributed by atoms with Gasteiger partial charge in [-0.1, -0.05) is 50.9 Å². The fourth-order valence-corrected chi connectivity index (χ4v) is 4.14. The minimum Gasteiger partial charge on any atom is -0.464 e. The number of rotatable bonds is 1. The quantitative estimate of drug-likeness (QED) is 0.635. The molecule has 0 radical (unpaired) electrons. The van der Waals surface area contributed by atoms with Crippen molar-refractivity contribution in [2.45, 2.75) is 53.4 Å². The molecule has 3 nitrogen and oxygen atoms in total. The predicted octanol–water partition coefficient (Wildman–Crippen LogP) is 5.24. The molecule has 3 aliphatic rings. The van der Waals surface area contributed by atoms with Crippen LogP contribution in [0, 0.1) is 16.7 Å². The topological polar surface area (TPSA) is 43.4 Å². The number of allylic oxidation sites excluding steroid dienone is 5. The maximum absolute atomic E-state index is 12.7. The van der Waals surface area contributed by atoms with Gasteiger partial charge in [-0.05, 0) is 18.9 Å². The Morgan fingerprint density at radius 2 is 1.38 bits per heavy atom. The minimum absolute atomic E-state index is 0.0166. The molecule has 0 atom stereocenters. The lowest BCUT2D eigenvalue weighted by atomic mass is 9.66. The van der Waals surface area contributed by atoms with Gasteiger partial charge in [0, 0.05) is 40.7 Å². The first-order valence-corrected chi connectivity index (χ1v) is 9.06. The Hall–Kier alpha value is -1.06. The van der Waals surface area contributed by atoms with E-state index in [1.807, 2.05) is 0 Å². The second kappa shape index (κ2) is 5.74. The van der Waals surface area contributed by atoms with Gasteiger partial charge in [-0.15, -0.1) is 0 Å². The van der Waals surface area contributed by atoms with Gasteiger partial charge < -0.3 is 4.74 Å². The van der Waals surface area contributed by atoms with Crippen LogP contribution in [0.3, 0.4) is 0 Å². The molecule has 130 valence electrons. The number of hydrogen-bond acceptors (Lipinski definition) is 3. The van der Waals surface area contributed by atoms with Crippen molar-refractivity contribution in [1.29, 1.82) is 0 Å². The molecule has 0 bridgehead atoms. The first-order valence-electron chi connectivity index (χ1n) is 8.31. The molecule has 3 rings (SSSR count). The molecule has 0 fully saturated rings. The standard InChI is InChI=1S/C19H22Cl2O3/c1-18(2)7-5-11(22)14-10(9-13(20)21)15-12(23)6-8-19(3,4)17(15)24-16(14)18/h9-10H,5-8H2,1-4H3. The number of Topliss-reactive ketones (excluding diaryl/α,β-unsaturated/α-hetero) is 2. The number of ether oxygens (including phenoxy) is 1. The molecule has 0 N–H and O–H groups in total. The monoisotopic (exact) mass is 368 g/mol. The van der Waals surface area contributed by atoms with Gasteiger partial charge in [0.25, 0.3) is 0 Å². The average molecular weight is 369 g/mol. The van der Waals surface area contributed by atoms with Crippen molar-refractivity contribution in [3.05, 3.63) is 33.2 Å². The molecular weight excluding hydrogens is 347 g/mol. The number of halogens is 2. The molecule has 0 aromatic rings. The normalized spacial score (nSPS) is 25.9. The first kappa shape index (κ1) is 17.8. The molecule has 0 spiro atoms. The summed E-state index contributed by atoms with van der Waals surface area (Å²) in [5, 5.41) is 0. The number of carbonyl (C=O) groups excluding carboxylic acids is 2. The Bertz CT molecular complexity index is 667. The van der Waals surface area contributed by atoms with E-state index < -0.39 is 5.92 Å². The van der Waals surface area contributed by atoms with Crippen molar-refractivity contribution >= 4 is 34.8 Å². The van der Waals surface area contributed by atoms with Crippen LogP contribution in [0.15, 0.2) is 33.2 Å². The van der Waals surface area contributed by atoms with Crippen LogP contribution in [0.25, 0.3) is 0 Å². The van der Waals surface area contributed by atoms with E-state index in [1.54, 1.807) is 6.08 Å². The van der Waals surface area contributed by atoms with Gasteiger partial charge >= 0.3 is 0 Å². The number of carbonyl (C=O) groups is 2. The van der Waals surface area contributed by atoms with Gasteiger partial charge in [0.05, 0.1) is 0 Å². The summed E-state index contributed by atoms with van der Waals surface area (Å²) >= 11 is 11.9. The lowest BCUT2D eigenvalue weighted by Crippen LogP contribution is -2.40. The van der Waals surface area contributed by atoms with E-state index in [2.05, 4.69) is 27.7 Å². The van der Waals surface area contributed by atoms with E-state index in [0.29, 0.717) is 35.5 Å². The highest BCUT2D eigenvalue weighted by molar-refractivity contribution is 6.55. The van der Waals surface area contributed by atoms with Crippen LogP contribution >= 0.6 is 23.2 Å². The van der Waals surface area contributed by atoms with E-state index in [0.717, 1.165) is 12.8 Å². The Kier molecular flexibility index (Phi) is 4.25. The van der Waals surface area contributed by atoms with Crippen LogP contribution in [0.2, 0.25) is 0 Å². The van der Waals surface area contributed by atoms with Gasteiger partial charge in [0.2, 0.25) is 0 Å². The fraction of sp³-hybridized carbons (Fsp3) is 0.579. The molecule has 0 amide bonds. The zero-order chi connectivity index (χ0) is 17.9. The molecule has 1 heterocycles. The van der Waals surface area contributed by atoms with Crippen molar-refractivity contribution in [3.8, 4) is 0 Å². The predicted molar refractivity (Wildman–Crippen MR) is 94.5 cm³/mol. The molecule has 0 saturated carbocycles. The highest BCUT2D eigenvalue weighted by Gasteiger charge is 2.49. The summed E-state index contributed by atoms with van der Waals surface area (Å²) in [6.07, 6.45) is 3.95. The smallest absolute Gasteiger partial charge is 0.163 e. The van der Waals surface area contributed by atoms with Crippen molar-refractivity contribution < 1.29 is 14.3 Å². The molecule has 2 aliphatic carbocycles. The van der Waals surface area contributed by atoms with Gasteiger partial charge in [0.1, 0.15) is 16.0 Å². The van der Waals surface area contributed by atoms with Crippen molar-refractivity contribution in [2.75, 3.05) is 0 Å². The molecule has 24 heavy (non-hydrogen) atoms. The van der Waals surface area contributed by atoms with Gasteiger partial charge in [-0.3, -0.25) is 9.59 Å². The molecule has 0 aromatic carbocycles. The lowest BCUT2D eigenvalue weighted by molar-refractivity contribution is -0.119. The van der Waals surface area contributed by atoms with Crippen molar-refractivity contribution in [2.24, 2.45) is 16.7 Å². The Balaban J connectivity index is 2.27. The van der Waals surface area contributed by atoms with Gasteiger partial charge in [-0.25, -0.2) is 0 Å². The summed E-state index contributed by atoms with van der Waals surface area (Å²) in [6.45, 7) is 8.28.